The van der Waals surface area contributed by atoms with Gasteiger partial charge < -0.3 is 14.4 Å². The molecule has 0 aliphatic carbocycles. The van der Waals surface area contributed by atoms with Gasteiger partial charge in [0, 0.05) is 36.7 Å². The fourth-order valence-corrected chi connectivity index (χ4v) is 3.42. The maximum Gasteiger partial charge on any atom is 0.258 e. The third-order valence-electron chi connectivity index (χ3n) is 4.08. The van der Waals surface area contributed by atoms with Crippen LogP contribution in [0.4, 0.5) is 0 Å². The minimum absolute atomic E-state index is 0.0628. The number of hydrogen-bond donors (Lipinski definition) is 1. The van der Waals surface area contributed by atoms with Crippen LogP contribution in [0.5, 0.6) is 0 Å². The van der Waals surface area contributed by atoms with Gasteiger partial charge in [0.1, 0.15) is 0 Å². The molecule has 1 atom stereocenters. The van der Waals surface area contributed by atoms with Crippen molar-refractivity contribution < 1.29 is 9.32 Å². The summed E-state index contributed by atoms with van der Waals surface area (Å²) in [6, 6.07) is 4.83. The Morgan fingerprint density at radius 2 is 2.29 bits per heavy atom. The Bertz CT molecular complexity index is 895. The standard InChI is InChI=1S/C16H14N4O3S/c21-13-2-1-10(7-17-13)16(22)20-5-3-11(8-20)14-18-15(23-19-14)12-4-6-24-9-12/h1-2,4,6-7,9,11H,3,5,8H2,(H,17,21)/t11-/m0/s1. The number of hydrogen-bond acceptors (Lipinski definition) is 6. The molecular formula is C16H14N4O3S. The van der Waals surface area contributed by atoms with Gasteiger partial charge in [-0.25, -0.2) is 0 Å². The molecule has 0 aromatic carbocycles. The van der Waals surface area contributed by atoms with E-state index >= 15 is 0 Å². The smallest absolute Gasteiger partial charge is 0.258 e. The van der Waals surface area contributed by atoms with Crippen molar-refractivity contribution in [1.82, 2.24) is 20.0 Å². The minimum atomic E-state index is -0.224. The second-order valence-electron chi connectivity index (χ2n) is 5.65. The molecule has 24 heavy (non-hydrogen) atoms. The Balaban J connectivity index is 1.47. The van der Waals surface area contributed by atoms with Gasteiger partial charge >= 0.3 is 0 Å². The van der Waals surface area contributed by atoms with Gasteiger partial charge in [-0.15, -0.1) is 0 Å². The second-order valence-corrected chi connectivity index (χ2v) is 6.43. The zero-order valence-corrected chi connectivity index (χ0v) is 13.5. The average molecular weight is 342 g/mol. The van der Waals surface area contributed by atoms with Crippen molar-refractivity contribution in [2.24, 2.45) is 0 Å². The number of likely N-dealkylation sites (tertiary alicyclic amines) is 1. The molecule has 3 aromatic rings. The van der Waals surface area contributed by atoms with Gasteiger partial charge in [-0.2, -0.15) is 16.3 Å². The highest BCUT2D eigenvalue weighted by Gasteiger charge is 2.31. The fourth-order valence-electron chi connectivity index (χ4n) is 2.79. The lowest BCUT2D eigenvalue weighted by Gasteiger charge is -2.15. The number of carbonyl (C=O) groups excluding carboxylic acids is 1. The zero-order chi connectivity index (χ0) is 16.5. The summed E-state index contributed by atoms with van der Waals surface area (Å²) in [7, 11) is 0. The largest absolute Gasteiger partial charge is 0.338 e. The molecule has 4 heterocycles. The van der Waals surface area contributed by atoms with E-state index in [4.69, 9.17) is 4.52 Å². The Labute approximate surface area is 140 Å². The molecule has 7 nitrogen and oxygen atoms in total. The molecule has 8 heteroatoms. The molecule has 122 valence electrons. The van der Waals surface area contributed by atoms with Crippen LogP contribution in [0, 0.1) is 0 Å². The van der Waals surface area contributed by atoms with Gasteiger partial charge in [-0.3, -0.25) is 9.59 Å². The molecule has 1 saturated heterocycles. The zero-order valence-electron chi connectivity index (χ0n) is 12.6. The number of thiophene rings is 1. The Morgan fingerprint density at radius 3 is 3.04 bits per heavy atom. The van der Waals surface area contributed by atoms with E-state index < -0.39 is 0 Å². The van der Waals surface area contributed by atoms with E-state index in [1.165, 1.54) is 18.3 Å². The first kappa shape index (κ1) is 14.8. The van der Waals surface area contributed by atoms with E-state index in [0.717, 1.165) is 12.0 Å². The van der Waals surface area contributed by atoms with Crippen molar-refractivity contribution in [3.63, 3.8) is 0 Å². The summed E-state index contributed by atoms with van der Waals surface area (Å²) in [6.07, 6.45) is 2.23. The van der Waals surface area contributed by atoms with E-state index in [1.54, 1.807) is 16.2 Å². The number of nitrogens with one attached hydrogen (secondary N) is 1. The molecule has 0 bridgehead atoms. The number of nitrogens with zero attached hydrogens (tertiary/aromatic N) is 3. The SMILES string of the molecule is O=C(c1ccc(=O)[nH]c1)N1CC[C@H](c2noc(-c3ccsc3)n2)C1. The van der Waals surface area contributed by atoms with Crippen molar-refractivity contribution in [2.75, 3.05) is 13.1 Å². The van der Waals surface area contributed by atoms with E-state index in [-0.39, 0.29) is 17.4 Å². The molecule has 1 amide bonds. The van der Waals surface area contributed by atoms with Crippen LogP contribution in [0.3, 0.4) is 0 Å². The molecule has 0 unspecified atom stereocenters. The summed E-state index contributed by atoms with van der Waals surface area (Å²) in [5, 5.41) is 7.98. The van der Waals surface area contributed by atoms with E-state index in [9.17, 15) is 9.59 Å². The maximum absolute atomic E-state index is 12.5. The molecule has 3 aromatic heterocycles. The van der Waals surface area contributed by atoms with Gasteiger partial charge in [0.2, 0.25) is 5.56 Å². The third kappa shape index (κ3) is 2.76. The summed E-state index contributed by atoms with van der Waals surface area (Å²) in [5.74, 6) is 1.10. The number of amides is 1. The van der Waals surface area contributed by atoms with E-state index in [2.05, 4.69) is 15.1 Å². The summed E-state index contributed by atoms with van der Waals surface area (Å²) in [5.41, 5.74) is 1.17. The van der Waals surface area contributed by atoms with Crippen LogP contribution in [0.15, 0.2) is 44.5 Å². The minimum Gasteiger partial charge on any atom is -0.338 e. The van der Waals surface area contributed by atoms with E-state index in [1.807, 2.05) is 16.8 Å². The lowest BCUT2D eigenvalue weighted by Crippen LogP contribution is -2.29. The molecule has 0 radical (unpaired) electrons. The van der Waals surface area contributed by atoms with Crippen LogP contribution >= 0.6 is 11.3 Å². The number of carbonyl (C=O) groups is 1. The molecule has 1 aliphatic heterocycles. The lowest BCUT2D eigenvalue weighted by molar-refractivity contribution is 0.0790. The van der Waals surface area contributed by atoms with Crippen molar-refractivity contribution in [3.8, 4) is 11.5 Å². The summed E-state index contributed by atoms with van der Waals surface area (Å²) in [4.78, 5) is 32.3. The fraction of sp³-hybridized carbons (Fsp3) is 0.250. The van der Waals surface area contributed by atoms with Crippen molar-refractivity contribution in [2.45, 2.75) is 12.3 Å². The van der Waals surface area contributed by atoms with Crippen molar-refractivity contribution in [1.29, 1.82) is 0 Å². The lowest BCUT2D eigenvalue weighted by atomic mass is 10.1. The summed E-state index contributed by atoms with van der Waals surface area (Å²) >= 11 is 1.57. The van der Waals surface area contributed by atoms with Gasteiger partial charge in [0.05, 0.1) is 11.1 Å². The molecule has 1 fully saturated rings. The molecule has 0 spiro atoms. The predicted octanol–water partition coefficient (Wildman–Crippen LogP) is 2.12. The molecule has 0 saturated carbocycles. The highest BCUT2D eigenvalue weighted by atomic mass is 32.1. The predicted molar refractivity (Wildman–Crippen MR) is 87.9 cm³/mol. The topological polar surface area (TPSA) is 92.1 Å². The second kappa shape index (κ2) is 6.04. The number of H-pyrrole nitrogens is 1. The summed E-state index contributed by atoms with van der Waals surface area (Å²) in [6.45, 7) is 1.17. The van der Waals surface area contributed by atoms with Crippen LogP contribution in [0.25, 0.3) is 11.5 Å². The first-order valence-corrected chi connectivity index (χ1v) is 8.49. The van der Waals surface area contributed by atoms with Gasteiger partial charge in [0.25, 0.3) is 11.8 Å². The normalized spacial score (nSPS) is 17.3. The Hall–Kier alpha value is -2.74. The third-order valence-corrected chi connectivity index (χ3v) is 4.76. The average Bonchev–Trinajstić information content (AvgIpc) is 3.33. The van der Waals surface area contributed by atoms with Crippen LogP contribution in [-0.4, -0.2) is 39.0 Å². The van der Waals surface area contributed by atoms with Crippen molar-refractivity contribution in [3.05, 3.63) is 56.9 Å². The molecular weight excluding hydrogens is 328 g/mol. The maximum atomic E-state index is 12.5. The molecule has 1 aliphatic rings. The van der Waals surface area contributed by atoms with E-state index in [0.29, 0.717) is 30.4 Å². The quantitative estimate of drug-likeness (QED) is 0.787. The van der Waals surface area contributed by atoms with Gasteiger partial charge in [-0.1, -0.05) is 5.16 Å². The van der Waals surface area contributed by atoms with Crippen LogP contribution in [0.1, 0.15) is 28.5 Å². The van der Waals surface area contributed by atoms with Crippen LogP contribution < -0.4 is 5.56 Å². The highest BCUT2D eigenvalue weighted by molar-refractivity contribution is 7.08. The monoisotopic (exact) mass is 342 g/mol. The Morgan fingerprint density at radius 1 is 1.38 bits per heavy atom. The van der Waals surface area contributed by atoms with Gasteiger partial charge in [-0.05, 0) is 23.9 Å². The molecule has 4 rings (SSSR count). The first-order valence-electron chi connectivity index (χ1n) is 7.55. The summed E-state index contributed by atoms with van der Waals surface area (Å²) < 4.78 is 5.32. The number of aromatic nitrogens is 3. The van der Waals surface area contributed by atoms with Crippen LogP contribution in [-0.2, 0) is 0 Å². The molecule has 1 N–H and O–H groups in total. The number of aromatic amines is 1. The number of pyridine rings is 1. The number of rotatable bonds is 3. The van der Waals surface area contributed by atoms with Crippen molar-refractivity contribution >= 4 is 17.2 Å². The highest BCUT2D eigenvalue weighted by Crippen LogP contribution is 2.28. The Kier molecular flexibility index (Phi) is 3.73. The van der Waals surface area contributed by atoms with Crippen LogP contribution in [0.2, 0.25) is 0 Å². The first-order chi connectivity index (χ1) is 11.7. The van der Waals surface area contributed by atoms with Gasteiger partial charge in [0.15, 0.2) is 5.82 Å².